The Kier molecular flexibility index (Phi) is 8.32. The first-order chi connectivity index (χ1) is 7.08. The zero-order valence-electron chi connectivity index (χ0n) is 8.41. The van der Waals surface area contributed by atoms with Crippen LogP contribution in [-0.2, 0) is 20.8 Å². The van der Waals surface area contributed by atoms with Crippen LogP contribution in [-0.4, -0.2) is 39.2 Å². The lowest BCUT2D eigenvalue weighted by Crippen LogP contribution is -2.06. The first-order valence-corrected chi connectivity index (χ1v) is 4.62. The zero-order valence-corrected chi connectivity index (χ0v) is 9.23. The van der Waals surface area contributed by atoms with Crippen LogP contribution in [0.1, 0.15) is 5.69 Å². The number of hydrogen-bond acceptors (Lipinski definition) is 7. The molecule has 1 rings (SSSR count). The number of carbonyl (C=O) groups excluding carboxylic acids is 1. The Balaban J connectivity index is 0. The number of thiazole rings is 1. The average Bonchev–Trinajstić information content (AvgIpc) is 2.50. The van der Waals surface area contributed by atoms with Crippen LogP contribution in [0.25, 0.3) is 0 Å². The average molecular weight is 265 g/mol. The van der Waals surface area contributed by atoms with Gasteiger partial charge in [-0.25, -0.2) is 14.6 Å². The van der Waals surface area contributed by atoms with Gasteiger partial charge in [-0.1, -0.05) is 5.16 Å². The van der Waals surface area contributed by atoms with Crippen molar-refractivity contribution in [1.82, 2.24) is 4.98 Å². The molecule has 0 aliphatic rings. The Morgan fingerprint density at radius 3 is 2.71 bits per heavy atom. The molecule has 0 unspecified atom stereocenters. The van der Waals surface area contributed by atoms with Gasteiger partial charge in [-0.15, -0.1) is 11.3 Å². The van der Waals surface area contributed by atoms with Crippen LogP contribution >= 0.6 is 11.3 Å². The van der Waals surface area contributed by atoms with E-state index in [1.165, 1.54) is 11.3 Å². The molecule has 1 heterocycles. The van der Waals surface area contributed by atoms with Crippen LogP contribution in [0.2, 0.25) is 0 Å². The van der Waals surface area contributed by atoms with Gasteiger partial charge in [0.05, 0.1) is 12.1 Å². The van der Waals surface area contributed by atoms with Crippen LogP contribution in [0.3, 0.4) is 0 Å². The van der Waals surface area contributed by atoms with Gasteiger partial charge in [-0.05, 0) is 0 Å². The molecule has 0 aromatic carbocycles. The van der Waals surface area contributed by atoms with Gasteiger partial charge in [0.15, 0.2) is 11.3 Å². The number of nitrogens with two attached hydrogens (primary N) is 1. The van der Waals surface area contributed by atoms with E-state index in [2.05, 4.69) is 15.0 Å². The zero-order chi connectivity index (χ0) is 11.3. The van der Waals surface area contributed by atoms with Crippen molar-refractivity contribution < 1.29 is 30.5 Å². The first kappa shape index (κ1) is 17.4. The van der Waals surface area contributed by atoms with Crippen LogP contribution in [0, 0.1) is 0 Å². The highest BCUT2D eigenvalue weighted by Crippen LogP contribution is 2.11. The molecule has 0 amide bonds. The van der Waals surface area contributed by atoms with Gasteiger partial charge >= 0.3 is 11.9 Å². The van der Waals surface area contributed by atoms with E-state index in [0.717, 1.165) is 0 Å². The summed E-state index contributed by atoms with van der Waals surface area (Å²) in [5, 5.41) is 13.1. The minimum absolute atomic E-state index is 0. The Morgan fingerprint density at radius 2 is 2.24 bits per heavy atom. The summed E-state index contributed by atoms with van der Waals surface area (Å²) in [7, 11) is 0. The Morgan fingerprint density at radius 1 is 1.59 bits per heavy atom. The molecule has 7 N–H and O–H groups in total. The molecule has 0 saturated heterocycles. The second-order valence-corrected chi connectivity index (χ2v) is 3.28. The summed E-state index contributed by atoms with van der Waals surface area (Å²) in [5.41, 5.74) is 5.81. The molecule has 10 heteroatoms. The minimum Gasteiger partial charge on any atom is -0.477 e. The molecule has 1 aromatic heterocycles. The summed E-state index contributed by atoms with van der Waals surface area (Å²) >= 11 is 1.20. The molecule has 0 radical (unpaired) electrons. The Bertz CT molecular complexity index is 404. The molecule has 17 heavy (non-hydrogen) atoms. The van der Waals surface area contributed by atoms with Crippen LogP contribution in [0.4, 0.5) is 5.13 Å². The number of carboxylic acid groups (broad SMARTS) is 1. The quantitative estimate of drug-likeness (QED) is 0.369. The molecule has 0 spiro atoms. The van der Waals surface area contributed by atoms with Crippen LogP contribution < -0.4 is 5.73 Å². The van der Waals surface area contributed by atoms with Crippen molar-refractivity contribution in [3.05, 3.63) is 11.1 Å². The number of hydrogen-bond donors (Lipinski definition) is 2. The highest BCUT2D eigenvalue weighted by Gasteiger charge is 2.07. The molecular weight excluding hydrogens is 254 g/mol. The number of nitrogens with zero attached hydrogens (tertiary/aromatic N) is 2. The lowest BCUT2D eigenvalue weighted by molar-refractivity contribution is -0.142. The third-order valence-electron chi connectivity index (χ3n) is 1.21. The molecule has 0 fully saturated rings. The molecule has 96 valence electrons. The highest BCUT2D eigenvalue weighted by molar-refractivity contribution is 7.13. The topological polar surface area (TPSA) is 178 Å². The molecule has 0 atom stereocenters. The van der Waals surface area contributed by atoms with E-state index < -0.39 is 11.9 Å². The van der Waals surface area contributed by atoms with Crippen molar-refractivity contribution >= 4 is 34.6 Å². The molecule has 0 bridgehead atoms. The van der Waals surface area contributed by atoms with E-state index in [-0.39, 0.29) is 17.4 Å². The van der Waals surface area contributed by atoms with E-state index in [4.69, 9.17) is 10.8 Å². The highest BCUT2D eigenvalue weighted by atomic mass is 32.1. The maximum absolute atomic E-state index is 11.0. The van der Waals surface area contributed by atoms with Gasteiger partial charge in [0.25, 0.3) is 0 Å². The smallest absolute Gasteiger partial charge is 0.350 e. The van der Waals surface area contributed by atoms with E-state index in [1.54, 1.807) is 5.38 Å². The minimum atomic E-state index is -1.29. The van der Waals surface area contributed by atoms with Gasteiger partial charge in [0, 0.05) is 5.38 Å². The SMILES string of the molecule is Nc1nc(CC(=O)O/N=C\C(=O)O)cs1.O.O. The number of anilines is 1. The van der Waals surface area contributed by atoms with Crippen molar-refractivity contribution in [2.45, 2.75) is 6.42 Å². The van der Waals surface area contributed by atoms with E-state index in [0.29, 0.717) is 17.0 Å². The standard InChI is InChI=1S/C7H7N3O4S.2H2O/c8-7-10-4(3-15-7)1-6(13)14-9-2-5(11)12;;/h2-3H,1H2,(H2,8,10)(H,11,12);2*1H2/b9-2-;;. The Hall–Kier alpha value is -2.04. The number of oxime groups is 1. The lowest BCUT2D eigenvalue weighted by atomic mass is 10.3. The second-order valence-electron chi connectivity index (χ2n) is 2.39. The van der Waals surface area contributed by atoms with E-state index >= 15 is 0 Å². The summed E-state index contributed by atoms with van der Waals surface area (Å²) in [6.07, 6.45) is 0.387. The number of rotatable bonds is 4. The maximum Gasteiger partial charge on any atom is 0.350 e. The van der Waals surface area contributed by atoms with Crippen LogP contribution in [0.5, 0.6) is 0 Å². The van der Waals surface area contributed by atoms with Crippen molar-refractivity contribution in [3.8, 4) is 0 Å². The molecular formula is C7H11N3O6S. The lowest BCUT2D eigenvalue weighted by Gasteiger charge is -1.93. The fourth-order valence-electron chi connectivity index (χ4n) is 0.714. The monoisotopic (exact) mass is 265 g/mol. The van der Waals surface area contributed by atoms with Gasteiger partial charge in [-0.3, -0.25) is 0 Å². The fraction of sp³-hybridized carbons (Fsp3) is 0.143. The molecule has 1 aromatic rings. The summed E-state index contributed by atoms with van der Waals surface area (Å²) in [6, 6.07) is 0. The molecule has 9 nitrogen and oxygen atoms in total. The predicted octanol–water partition coefficient (Wildman–Crippen LogP) is -1.77. The third kappa shape index (κ3) is 6.94. The predicted molar refractivity (Wildman–Crippen MR) is 59.7 cm³/mol. The molecule has 0 aliphatic heterocycles. The van der Waals surface area contributed by atoms with E-state index in [9.17, 15) is 9.59 Å². The van der Waals surface area contributed by atoms with Crippen LogP contribution in [0.15, 0.2) is 10.5 Å². The number of carbonyl (C=O) groups is 2. The van der Waals surface area contributed by atoms with Gasteiger partial charge in [-0.2, -0.15) is 0 Å². The third-order valence-corrected chi connectivity index (χ3v) is 1.94. The van der Waals surface area contributed by atoms with Gasteiger partial charge in [0.2, 0.25) is 0 Å². The van der Waals surface area contributed by atoms with Crippen molar-refractivity contribution in [1.29, 1.82) is 0 Å². The fourth-order valence-corrected chi connectivity index (χ4v) is 1.28. The second kappa shape index (κ2) is 8.15. The Labute approximate surface area is 99.1 Å². The molecule has 0 saturated carbocycles. The first-order valence-electron chi connectivity index (χ1n) is 3.74. The molecule has 0 aliphatic carbocycles. The van der Waals surface area contributed by atoms with Crippen molar-refractivity contribution in [3.63, 3.8) is 0 Å². The summed E-state index contributed by atoms with van der Waals surface area (Å²) < 4.78 is 0. The largest absolute Gasteiger partial charge is 0.477 e. The summed E-state index contributed by atoms with van der Waals surface area (Å²) in [4.78, 5) is 29.0. The number of carboxylic acids is 1. The van der Waals surface area contributed by atoms with Gasteiger partial charge < -0.3 is 26.6 Å². The summed E-state index contributed by atoms with van der Waals surface area (Å²) in [6.45, 7) is 0. The number of aromatic nitrogens is 1. The van der Waals surface area contributed by atoms with Crippen molar-refractivity contribution in [2.75, 3.05) is 5.73 Å². The van der Waals surface area contributed by atoms with Crippen molar-refractivity contribution in [2.24, 2.45) is 5.16 Å². The number of nitrogen functional groups attached to an aromatic ring is 1. The normalized spacial score (nSPS) is 9.18. The summed E-state index contributed by atoms with van der Waals surface area (Å²) in [5.74, 6) is -1.99. The van der Waals surface area contributed by atoms with Gasteiger partial charge in [0.1, 0.15) is 0 Å². The number of aliphatic carboxylic acids is 1. The maximum atomic E-state index is 11.0. The van der Waals surface area contributed by atoms with E-state index in [1.807, 2.05) is 0 Å².